The van der Waals surface area contributed by atoms with Crippen LogP contribution in [-0.2, 0) is 0 Å². The van der Waals surface area contributed by atoms with E-state index < -0.39 is 5.91 Å². The minimum Gasteiger partial charge on any atom is -0.497 e. The van der Waals surface area contributed by atoms with Crippen molar-refractivity contribution >= 4 is 29.5 Å². The minimum absolute atomic E-state index is 0.0372. The monoisotopic (exact) mass is 468 g/mol. The molecule has 3 N–H and O–H groups in total. The fourth-order valence-corrected chi connectivity index (χ4v) is 3.18. The van der Waals surface area contributed by atoms with E-state index in [1.807, 2.05) is 0 Å². The van der Waals surface area contributed by atoms with Gasteiger partial charge in [0.15, 0.2) is 5.69 Å². The Bertz CT molecular complexity index is 1330. The van der Waals surface area contributed by atoms with Gasteiger partial charge < -0.3 is 15.2 Å². The standard InChI is InChI=1S/C20H17ClN8O4/c1-31-12-8-7-11(15(9-12)32-2)10-23-25-20(30)16-17(13-5-3-4-6-14(13)21)29(28-24-16)19-18(22)26-33-27-19/h3-10H,1-2H3,(H2,22,26)(H,25,30)/b23-10-. The van der Waals surface area contributed by atoms with E-state index in [4.69, 9.17) is 26.8 Å². The van der Waals surface area contributed by atoms with Crippen LogP contribution in [0.1, 0.15) is 16.1 Å². The van der Waals surface area contributed by atoms with Gasteiger partial charge in [-0.05, 0) is 28.5 Å². The van der Waals surface area contributed by atoms with Crippen molar-refractivity contribution in [1.82, 2.24) is 30.7 Å². The van der Waals surface area contributed by atoms with Gasteiger partial charge in [0.25, 0.3) is 5.91 Å². The van der Waals surface area contributed by atoms with E-state index >= 15 is 0 Å². The molecule has 0 bridgehead atoms. The largest absolute Gasteiger partial charge is 0.497 e. The fraction of sp³-hybridized carbons (Fsp3) is 0.100. The van der Waals surface area contributed by atoms with Crippen molar-refractivity contribution in [2.45, 2.75) is 0 Å². The molecular formula is C20H17ClN8O4. The number of hydrazone groups is 1. The molecule has 0 atom stereocenters. The second-order valence-corrected chi connectivity index (χ2v) is 6.87. The molecule has 1 amide bonds. The highest BCUT2D eigenvalue weighted by atomic mass is 35.5. The molecule has 4 rings (SSSR count). The van der Waals surface area contributed by atoms with Crippen LogP contribution in [0, 0.1) is 0 Å². The Morgan fingerprint density at radius 1 is 1.21 bits per heavy atom. The predicted octanol–water partition coefficient (Wildman–Crippen LogP) is 2.33. The average Bonchev–Trinajstić information content (AvgIpc) is 3.45. The van der Waals surface area contributed by atoms with Gasteiger partial charge in [0.1, 0.15) is 17.2 Å². The van der Waals surface area contributed by atoms with Gasteiger partial charge in [-0.15, -0.1) is 5.10 Å². The molecular weight excluding hydrogens is 452 g/mol. The number of nitrogens with two attached hydrogens (primary N) is 1. The van der Waals surface area contributed by atoms with Crippen LogP contribution >= 0.6 is 11.6 Å². The number of methoxy groups -OCH3 is 2. The summed E-state index contributed by atoms with van der Waals surface area (Å²) >= 11 is 6.36. The lowest BCUT2D eigenvalue weighted by atomic mass is 10.1. The van der Waals surface area contributed by atoms with E-state index in [2.05, 4.69) is 35.8 Å². The maximum atomic E-state index is 12.9. The number of anilines is 1. The lowest BCUT2D eigenvalue weighted by molar-refractivity contribution is 0.0950. The minimum atomic E-state index is -0.644. The number of nitrogen functional groups attached to an aromatic ring is 1. The molecule has 33 heavy (non-hydrogen) atoms. The fourth-order valence-electron chi connectivity index (χ4n) is 2.95. The van der Waals surface area contributed by atoms with Gasteiger partial charge in [0, 0.05) is 17.2 Å². The van der Waals surface area contributed by atoms with E-state index in [-0.39, 0.29) is 23.0 Å². The van der Waals surface area contributed by atoms with Crippen molar-refractivity contribution in [3.63, 3.8) is 0 Å². The van der Waals surface area contributed by atoms with Gasteiger partial charge >= 0.3 is 0 Å². The maximum absolute atomic E-state index is 12.9. The van der Waals surface area contributed by atoms with E-state index in [0.717, 1.165) is 0 Å². The number of hydrogen-bond donors (Lipinski definition) is 2. The lowest BCUT2D eigenvalue weighted by Crippen LogP contribution is -2.19. The number of ether oxygens (including phenoxy) is 2. The van der Waals surface area contributed by atoms with Crippen LogP contribution in [0.5, 0.6) is 11.5 Å². The Labute approximate surface area is 191 Å². The number of nitrogens with zero attached hydrogens (tertiary/aromatic N) is 6. The van der Waals surface area contributed by atoms with E-state index in [9.17, 15) is 4.79 Å². The second-order valence-electron chi connectivity index (χ2n) is 6.46. The summed E-state index contributed by atoms with van der Waals surface area (Å²) in [7, 11) is 3.07. The van der Waals surface area contributed by atoms with E-state index in [0.29, 0.717) is 27.6 Å². The van der Waals surface area contributed by atoms with Crippen LogP contribution in [0.4, 0.5) is 5.82 Å². The Kier molecular flexibility index (Phi) is 6.17. The molecule has 4 aromatic rings. The molecule has 0 unspecified atom stereocenters. The summed E-state index contributed by atoms with van der Waals surface area (Å²) in [6, 6.07) is 12.0. The van der Waals surface area contributed by atoms with E-state index in [1.165, 1.54) is 18.0 Å². The molecule has 0 aliphatic heterocycles. The molecule has 168 valence electrons. The number of carbonyl (C=O) groups excluding carboxylic acids is 1. The number of benzene rings is 2. The first-order valence-electron chi connectivity index (χ1n) is 9.38. The molecule has 2 heterocycles. The molecule has 0 saturated carbocycles. The Hall–Kier alpha value is -4.45. The summed E-state index contributed by atoms with van der Waals surface area (Å²) in [4.78, 5) is 12.9. The molecule has 0 radical (unpaired) electrons. The van der Waals surface area contributed by atoms with Crippen LogP contribution < -0.4 is 20.6 Å². The molecule has 0 aliphatic carbocycles. The first kappa shape index (κ1) is 21.8. The van der Waals surface area contributed by atoms with E-state index in [1.54, 1.807) is 49.6 Å². The van der Waals surface area contributed by atoms with Gasteiger partial charge in [0.05, 0.1) is 25.5 Å². The molecule has 0 fully saturated rings. The van der Waals surface area contributed by atoms with Crippen LogP contribution in [0.3, 0.4) is 0 Å². The van der Waals surface area contributed by atoms with Crippen molar-refractivity contribution in [3.05, 3.63) is 58.7 Å². The molecule has 12 nitrogen and oxygen atoms in total. The molecule has 0 aliphatic rings. The number of nitrogens with one attached hydrogen (secondary N) is 1. The summed E-state index contributed by atoms with van der Waals surface area (Å²) in [5, 5.41) is 19.6. The smallest absolute Gasteiger partial charge is 0.294 e. The highest BCUT2D eigenvalue weighted by Crippen LogP contribution is 2.31. The quantitative estimate of drug-likeness (QED) is 0.307. The summed E-state index contributed by atoms with van der Waals surface area (Å²) in [5.74, 6) is 0.516. The van der Waals surface area contributed by atoms with Gasteiger partial charge in [-0.3, -0.25) is 4.79 Å². The number of halogens is 1. The first-order chi connectivity index (χ1) is 16.0. The zero-order valence-corrected chi connectivity index (χ0v) is 18.1. The van der Waals surface area contributed by atoms with Crippen LogP contribution in [0.2, 0.25) is 5.02 Å². The maximum Gasteiger partial charge on any atom is 0.294 e. The van der Waals surface area contributed by atoms with Crippen LogP contribution in [-0.4, -0.2) is 51.6 Å². The van der Waals surface area contributed by atoms with Gasteiger partial charge in [0.2, 0.25) is 11.6 Å². The molecule has 0 saturated heterocycles. The first-order valence-corrected chi connectivity index (χ1v) is 9.75. The Morgan fingerprint density at radius 2 is 2.03 bits per heavy atom. The lowest BCUT2D eigenvalue weighted by Gasteiger charge is -2.08. The van der Waals surface area contributed by atoms with Gasteiger partial charge in [-0.25, -0.2) is 10.1 Å². The summed E-state index contributed by atoms with van der Waals surface area (Å²) in [6.45, 7) is 0. The third kappa shape index (κ3) is 4.32. The number of aromatic nitrogens is 5. The Morgan fingerprint density at radius 3 is 2.73 bits per heavy atom. The highest BCUT2D eigenvalue weighted by Gasteiger charge is 2.26. The predicted molar refractivity (Wildman–Crippen MR) is 119 cm³/mol. The van der Waals surface area contributed by atoms with Crippen molar-refractivity contribution in [2.24, 2.45) is 5.10 Å². The number of hydrogen-bond acceptors (Lipinski definition) is 10. The zero-order chi connectivity index (χ0) is 23.4. The molecule has 2 aromatic carbocycles. The number of rotatable bonds is 7. The number of carbonyl (C=O) groups is 1. The van der Waals surface area contributed by atoms with Crippen molar-refractivity contribution in [1.29, 1.82) is 0 Å². The van der Waals surface area contributed by atoms with Crippen molar-refractivity contribution in [2.75, 3.05) is 20.0 Å². The second kappa shape index (κ2) is 9.36. The molecule has 2 aromatic heterocycles. The summed E-state index contributed by atoms with van der Waals surface area (Å²) in [5.41, 5.74) is 9.48. The third-order valence-corrected chi connectivity index (χ3v) is 4.85. The number of amides is 1. The van der Waals surface area contributed by atoms with Gasteiger partial charge in [-0.1, -0.05) is 35.0 Å². The highest BCUT2D eigenvalue weighted by molar-refractivity contribution is 6.33. The third-order valence-electron chi connectivity index (χ3n) is 4.52. The average molecular weight is 469 g/mol. The molecule has 13 heteroatoms. The zero-order valence-electron chi connectivity index (χ0n) is 17.4. The summed E-state index contributed by atoms with van der Waals surface area (Å²) < 4.78 is 16.4. The topological polar surface area (TPSA) is 156 Å². The summed E-state index contributed by atoms with van der Waals surface area (Å²) in [6.07, 6.45) is 1.43. The van der Waals surface area contributed by atoms with Crippen molar-refractivity contribution < 1.29 is 18.9 Å². The SMILES string of the molecule is COc1ccc(/C=N\NC(=O)c2nnn(-c3nonc3N)c2-c2ccccc2Cl)c(OC)c1. The molecule has 0 spiro atoms. The van der Waals surface area contributed by atoms with Gasteiger partial charge in [-0.2, -0.15) is 9.78 Å². The Balaban J connectivity index is 1.68. The van der Waals surface area contributed by atoms with Crippen molar-refractivity contribution in [3.8, 4) is 28.6 Å². The van der Waals surface area contributed by atoms with Crippen LogP contribution in [0.25, 0.3) is 17.1 Å². The normalized spacial score (nSPS) is 11.0. The van der Waals surface area contributed by atoms with Crippen LogP contribution in [0.15, 0.2) is 52.2 Å².